The van der Waals surface area contributed by atoms with E-state index in [1.54, 1.807) is 6.20 Å². The van der Waals surface area contributed by atoms with E-state index in [1.807, 2.05) is 26.0 Å². The van der Waals surface area contributed by atoms with Crippen molar-refractivity contribution in [2.24, 2.45) is 5.73 Å². The second-order valence-electron chi connectivity index (χ2n) is 4.70. The minimum Gasteiger partial charge on any atom is -0.481 e. The van der Waals surface area contributed by atoms with Crippen molar-refractivity contribution in [2.45, 2.75) is 26.3 Å². The van der Waals surface area contributed by atoms with E-state index >= 15 is 0 Å². The van der Waals surface area contributed by atoms with E-state index in [2.05, 4.69) is 16.0 Å². The molecule has 1 aromatic heterocycles. The Kier molecular flexibility index (Phi) is 3.66. The standard InChI is InChI=1S/C14H17N3O2/c1-8-3-4-10(9(2)5-8)12-7-16-14(17-12)11(15)6-13(18)19/h3-5,7,11H,6,15H2,1-2H3,(H,16,17)(H,18,19). The van der Waals surface area contributed by atoms with Gasteiger partial charge in [0.25, 0.3) is 0 Å². The van der Waals surface area contributed by atoms with Crippen molar-refractivity contribution in [1.82, 2.24) is 9.97 Å². The zero-order valence-electron chi connectivity index (χ0n) is 11.0. The Morgan fingerprint density at radius 2 is 2.21 bits per heavy atom. The summed E-state index contributed by atoms with van der Waals surface area (Å²) in [6.07, 6.45) is 1.55. The lowest BCUT2D eigenvalue weighted by Gasteiger charge is -2.06. The van der Waals surface area contributed by atoms with Crippen LogP contribution in [-0.4, -0.2) is 21.0 Å². The van der Waals surface area contributed by atoms with Crippen molar-refractivity contribution < 1.29 is 9.90 Å². The maximum absolute atomic E-state index is 10.6. The second-order valence-corrected chi connectivity index (χ2v) is 4.70. The molecule has 0 spiro atoms. The first-order valence-corrected chi connectivity index (χ1v) is 6.07. The lowest BCUT2D eigenvalue weighted by molar-refractivity contribution is -0.137. The molecule has 1 atom stereocenters. The molecule has 0 radical (unpaired) electrons. The fourth-order valence-corrected chi connectivity index (χ4v) is 2.06. The van der Waals surface area contributed by atoms with Crippen molar-refractivity contribution >= 4 is 5.97 Å². The molecule has 0 aliphatic rings. The molecule has 5 heteroatoms. The van der Waals surface area contributed by atoms with Gasteiger partial charge in [0.1, 0.15) is 5.82 Å². The van der Waals surface area contributed by atoms with Crippen LogP contribution >= 0.6 is 0 Å². The first kappa shape index (κ1) is 13.3. The number of aryl methyl sites for hydroxylation is 2. The number of aromatic amines is 1. The lowest BCUT2D eigenvalue weighted by Crippen LogP contribution is -2.16. The fourth-order valence-electron chi connectivity index (χ4n) is 2.06. The van der Waals surface area contributed by atoms with Gasteiger partial charge in [0.15, 0.2) is 0 Å². The molecule has 1 heterocycles. The fraction of sp³-hybridized carbons (Fsp3) is 0.286. The summed E-state index contributed by atoms with van der Waals surface area (Å²) in [4.78, 5) is 17.9. The third-order valence-corrected chi connectivity index (χ3v) is 3.01. The summed E-state index contributed by atoms with van der Waals surface area (Å²) in [5.41, 5.74) is 10.0. The molecule has 0 bridgehead atoms. The number of nitrogens with zero attached hydrogens (tertiary/aromatic N) is 1. The van der Waals surface area contributed by atoms with Crippen LogP contribution in [0.1, 0.15) is 29.4 Å². The van der Waals surface area contributed by atoms with Crippen LogP contribution in [0.3, 0.4) is 0 Å². The van der Waals surface area contributed by atoms with Gasteiger partial charge < -0.3 is 15.8 Å². The van der Waals surface area contributed by atoms with Crippen LogP contribution in [0.2, 0.25) is 0 Å². The van der Waals surface area contributed by atoms with Crippen LogP contribution < -0.4 is 5.73 Å². The number of hydrogen-bond donors (Lipinski definition) is 3. The SMILES string of the molecule is Cc1ccc(-c2cnc(C(N)CC(=O)O)[nH]2)c(C)c1. The van der Waals surface area contributed by atoms with Gasteiger partial charge in [0.05, 0.1) is 24.4 Å². The third-order valence-electron chi connectivity index (χ3n) is 3.01. The smallest absolute Gasteiger partial charge is 0.305 e. The largest absolute Gasteiger partial charge is 0.481 e. The highest BCUT2D eigenvalue weighted by atomic mass is 16.4. The Morgan fingerprint density at radius 1 is 1.47 bits per heavy atom. The monoisotopic (exact) mass is 259 g/mol. The number of nitrogens with one attached hydrogen (secondary N) is 1. The molecular weight excluding hydrogens is 242 g/mol. The van der Waals surface area contributed by atoms with Gasteiger partial charge in [-0.3, -0.25) is 4.79 Å². The van der Waals surface area contributed by atoms with E-state index in [9.17, 15) is 4.79 Å². The molecule has 0 saturated carbocycles. The molecule has 0 amide bonds. The summed E-state index contributed by atoms with van der Waals surface area (Å²) >= 11 is 0. The van der Waals surface area contributed by atoms with Crippen LogP contribution in [0.5, 0.6) is 0 Å². The summed E-state index contributed by atoms with van der Waals surface area (Å²) in [5, 5.41) is 8.72. The number of carboxylic acids is 1. The van der Waals surface area contributed by atoms with Crippen molar-refractivity contribution in [1.29, 1.82) is 0 Å². The number of rotatable bonds is 4. The Morgan fingerprint density at radius 3 is 2.84 bits per heavy atom. The lowest BCUT2D eigenvalue weighted by atomic mass is 10.0. The average Bonchev–Trinajstić information content (AvgIpc) is 2.77. The topological polar surface area (TPSA) is 92.0 Å². The Bertz CT molecular complexity index is 604. The predicted molar refractivity (Wildman–Crippen MR) is 72.7 cm³/mol. The van der Waals surface area contributed by atoms with E-state index < -0.39 is 12.0 Å². The highest BCUT2D eigenvalue weighted by Crippen LogP contribution is 2.23. The van der Waals surface area contributed by atoms with Gasteiger partial charge in [-0.05, 0) is 19.4 Å². The van der Waals surface area contributed by atoms with E-state index in [-0.39, 0.29) is 6.42 Å². The number of hydrogen-bond acceptors (Lipinski definition) is 3. The minimum atomic E-state index is -0.933. The number of benzene rings is 1. The van der Waals surface area contributed by atoms with Gasteiger partial charge in [0, 0.05) is 5.56 Å². The second kappa shape index (κ2) is 5.24. The first-order valence-electron chi connectivity index (χ1n) is 6.07. The van der Waals surface area contributed by atoms with Gasteiger partial charge >= 0.3 is 5.97 Å². The van der Waals surface area contributed by atoms with Crippen molar-refractivity contribution in [3.63, 3.8) is 0 Å². The van der Waals surface area contributed by atoms with E-state index in [0.717, 1.165) is 16.8 Å². The molecule has 0 aliphatic heterocycles. The van der Waals surface area contributed by atoms with Gasteiger partial charge in [-0.2, -0.15) is 0 Å². The molecule has 2 rings (SSSR count). The molecule has 5 nitrogen and oxygen atoms in total. The Balaban J connectivity index is 2.28. The molecule has 1 unspecified atom stereocenters. The summed E-state index contributed by atoms with van der Waals surface area (Å²) in [7, 11) is 0. The number of nitrogens with two attached hydrogens (primary N) is 1. The first-order chi connectivity index (χ1) is 8.97. The summed E-state index contributed by atoms with van der Waals surface area (Å²) in [5.74, 6) is -0.436. The molecule has 0 fully saturated rings. The molecule has 1 aromatic carbocycles. The number of carboxylic acid groups (broad SMARTS) is 1. The van der Waals surface area contributed by atoms with Gasteiger partial charge in [-0.15, -0.1) is 0 Å². The van der Waals surface area contributed by atoms with Gasteiger partial charge in [-0.1, -0.05) is 23.8 Å². The number of carbonyl (C=O) groups is 1. The minimum absolute atomic E-state index is 0.139. The Labute approximate surface area is 111 Å². The molecule has 0 saturated heterocycles. The number of aromatic nitrogens is 2. The third kappa shape index (κ3) is 3.00. The van der Waals surface area contributed by atoms with Crippen molar-refractivity contribution in [2.75, 3.05) is 0 Å². The molecule has 4 N–H and O–H groups in total. The highest BCUT2D eigenvalue weighted by Gasteiger charge is 2.15. The molecule has 2 aromatic rings. The maximum Gasteiger partial charge on any atom is 0.305 e. The Hall–Kier alpha value is -2.14. The van der Waals surface area contributed by atoms with Crippen molar-refractivity contribution in [3.05, 3.63) is 41.3 Å². The summed E-state index contributed by atoms with van der Waals surface area (Å²) in [6, 6.07) is 5.52. The zero-order chi connectivity index (χ0) is 14.0. The van der Waals surface area contributed by atoms with Gasteiger partial charge in [-0.25, -0.2) is 4.98 Å². The van der Waals surface area contributed by atoms with Crippen LogP contribution in [-0.2, 0) is 4.79 Å². The van der Waals surface area contributed by atoms with Crippen molar-refractivity contribution in [3.8, 4) is 11.3 Å². The van der Waals surface area contributed by atoms with E-state index in [0.29, 0.717) is 5.82 Å². The quantitative estimate of drug-likeness (QED) is 0.784. The van der Waals surface area contributed by atoms with Crippen LogP contribution in [0.15, 0.2) is 24.4 Å². The van der Waals surface area contributed by atoms with Gasteiger partial charge in [0.2, 0.25) is 0 Å². The predicted octanol–water partition coefficient (Wildman–Crippen LogP) is 2.17. The van der Waals surface area contributed by atoms with Crippen LogP contribution in [0, 0.1) is 13.8 Å². The molecule has 19 heavy (non-hydrogen) atoms. The number of H-pyrrole nitrogens is 1. The highest BCUT2D eigenvalue weighted by molar-refractivity contribution is 5.68. The van der Waals surface area contributed by atoms with E-state index in [1.165, 1.54) is 5.56 Å². The normalized spacial score (nSPS) is 12.4. The average molecular weight is 259 g/mol. The van der Waals surface area contributed by atoms with Crippen LogP contribution in [0.25, 0.3) is 11.3 Å². The van der Waals surface area contributed by atoms with Crippen LogP contribution in [0.4, 0.5) is 0 Å². The number of imidazole rings is 1. The zero-order valence-corrected chi connectivity index (χ0v) is 11.0. The number of aliphatic carboxylic acids is 1. The summed E-state index contributed by atoms with van der Waals surface area (Å²) < 4.78 is 0. The molecular formula is C14H17N3O2. The molecule has 0 aliphatic carbocycles. The maximum atomic E-state index is 10.6. The summed E-state index contributed by atoms with van der Waals surface area (Å²) in [6.45, 7) is 4.07. The molecule has 100 valence electrons. The van der Waals surface area contributed by atoms with E-state index in [4.69, 9.17) is 10.8 Å².